The van der Waals surface area contributed by atoms with Crippen LogP contribution in [0.5, 0.6) is 5.75 Å². The SMILES string of the molecule is CCOc1ccc(/C(=C/C=C/C(=O)Nc2c(Cl)ncc(Cl)c2CO)c2ccc(C(F)(F)F)cc2)cc1. The Bertz CT molecular complexity index is 1270. The van der Waals surface area contributed by atoms with Gasteiger partial charge in [0.15, 0.2) is 5.15 Å². The predicted molar refractivity (Wildman–Crippen MR) is 134 cm³/mol. The van der Waals surface area contributed by atoms with E-state index in [1.165, 1.54) is 30.5 Å². The minimum Gasteiger partial charge on any atom is -0.494 e. The highest BCUT2D eigenvalue weighted by Gasteiger charge is 2.30. The molecule has 0 radical (unpaired) electrons. The van der Waals surface area contributed by atoms with Gasteiger partial charge >= 0.3 is 6.18 Å². The van der Waals surface area contributed by atoms with E-state index in [0.29, 0.717) is 29.1 Å². The maximum absolute atomic E-state index is 13.0. The topological polar surface area (TPSA) is 71.5 Å². The number of carbonyl (C=O) groups is 1. The van der Waals surface area contributed by atoms with Gasteiger partial charge in [0.05, 0.1) is 29.5 Å². The number of pyridine rings is 1. The zero-order valence-corrected chi connectivity index (χ0v) is 20.5. The first-order valence-electron chi connectivity index (χ1n) is 10.7. The van der Waals surface area contributed by atoms with Gasteiger partial charge in [-0.3, -0.25) is 4.79 Å². The molecule has 3 rings (SSSR count). The first kappa shape index (κ1) is 27.3. The summed E-state index contributed by atoms with van der Waals surface area (Å²) in [4.78, 5) is 16.3. The zero-order valence-electron chi connectivity index (χ0n) is 18.9. The minimum absolute atomic E-state index is 0.0411. The van der Waals surface area contributed by atoms with Crippen molar-refractivity contribution in [2.45, 2.75) is 19.7 Å². The number of rotatable bonds is 8. The maximum Gasteiger partial charge on any atom is 0.416 e. The summed E-state index contributed by atoms with van der Waals surface area (Å²) in [7, 11) is 0. The van der Waals surface area contributed by atoms with Crippen LogP contribution < -0.4 is 10.1 Å². The first-order chi connectivity index (χ1) is 17.1. The third kappa shape index (κ3) is 6.87. The number of halogens is 5. The number of allylic oxidation sites excluding steroid dienone is 2. The van der Waals surface area contributed by atoms with Gasteiger partial charge in [-0.2, -0.15) is 13.2 Å². The molecule has 0 bridgehead atoms. The van der Waals surface area contributed by atoms with Crippen LogP contribution in [0.3, 0.4) is 0 Å². The average molecular weight is 537 g/mol. The van der Waals surface area contributed by atoms with Gasteiger partial charge in [0.25, 0.3) is 0 Å². The van der Waals surface area contributed by atoms with Crippen molar-refractivity contribution in [3.05, 3.63) is 105 Å². The number of ether oxygens (including phenoxy) is 1. The van der Waals surface area contributed by atoms with Crippen LogP contribution in [0.1, 0.15) is 29.2 Å². The number of nitrogens with one attached hydrogen (secondary N) is 1. The van der Waals surface area contributed by atoms with Crippen LogP contribution in [0.15, 0.2) is 73.0 Å². The Morgan fingerprint density at radius 1 is 1.08 bits per heavy atom. The standard InChI is InChI=1S/C26H21Cl2F3N2O3/c1-2-36-19-12-8-17(9-13-19)20(16-6-10-18(11-7-16)26(29,30)31)4-3-5-23(35)33-24-21(15-34)22(27)14-32-25(24)28/h3-14,34H,2,15H2,1H3,(H,33,35)/b5-3+,20-4+. The predicted octanol–water partition coefficient (Wildman–Crippen LogP) is 6.92. The molecule has 36 heavy (non-hydrogen) atoms. The molecule has 188 valence electrons. The third-order valence-corrected chi connectivity index (χ3v) is 5.62. The highest BCUT2D eigenvalue weighted by molar-refractivity contribution is 6.35. The van der Waals surface area contributed by atoms with Crippen molar-refractivity contribution < 1.29 is 27.8 Å². The van der Waals surface area contributed by atoms with E-state index < -0.39 is 24.3 Å². The van der Waals surface area contributed by atoms with Crippen LogP contribution in [0.25, 0.3) is 5.57 Å². The van der Waals surface area contributed by atoms with Crippen LogP contribution >= 0.6 is 23.2 Å². The molecule has 0 unspecified atom stereocenters. The fraction of sp³-hybridized carbons (Fsp3) is 0.154. The Morgan fingerprint density at radius 2 is 1.69 bits per heavy atom. The molecule has 2 aromatic carbocycles. The van der Waals surface area contributed by atoms with Crippen LogP contribution in [-0.2, 0) is 17.6 Å². The fourth-order valence-corrected chi connectivity index (χ4v) is 3.69. The molecule has 0 saturated heterocycles. The number of aliphatic hydroxyl groups excluding tert-OH is 1. The van der Waals surface area contributed by atoms with Crippen LogP contribution in [0.4, 0.5) is 18.9 Å². The normalized spacial score (nSPS) is 12.1. The molecule has 0 spiro atoms. The quantitative estimate of drug-likeness (QED) is 0.186. The highest BCUT2D eigenvalue weighted by Crippen LogP contribution is 2.32. The van der Waals surface area contributed by atoms with Crippen molar-refractivity contribution in [3.63, 3.8) is 0 Å². The molecule has 1 heterocycles. The van der Waals surface area contributed by atoms with Crippen LogP contribution in [0, 0.1) is 0 Å². The molecular weight excluding hydrogens is 516 g/mol. The second kappa shape index (κ2) is 12.1. The Labute approximate surface area is 215 Å². The van der Waals surface area contributed by atoms with Crippen LogP contribution in [0.2, 0.25) is 10.2 Å². The van der Waals surface area contributed by atoms with Crippen molar-refractivity contribution in [2.24, 2.45) is 0 Å². The van der Waals surface area contributed by atoms with Crippen molar-refractivity contribution in [1.82, 2.24) is 4.98 Å². The Morgan fingerprint density at radius 3 is 2.25 bits per heavy atom. The first-order valence-corrected chi connectivity index (χ1v) is 11.4. The van der Waals surface area contributed by atoms with Crippen molar-refractivity contribution in [3.8, 4) is 5.75 Å². The number of amides is 1. The summed E-state index contributed by atoms with van der Waals surface area (Å²) in [6, 6.07) is 11.8. The highest BCUT2D eigenvalue weighted by atomic mass is 35.5. The number of hydrogen-bond acceptors (Lipinski definition) is 4. The average Bonchev–Trinajstić information content (AvgIpc) is 2.85. The molecule has 0 atom stereocenters. The summed E-state index contributed by atoms with van der Waals surface area (Å²) < 4.78 is 44.5. The number of alkyl halides is 3. The summed E-state index contributed by atoms with van der Waals surface area (Å²) >= 11 is 12.0. The van der Waals surface area contributed by atoms with E-state index in [-0.39, 0.29) is 21.4 Å². The summed E-state index contributed by atoms with van der Waals surface area (Å²) in [5.74, 6) is 0.0695. The summed E-state index contributed by atoms with van der Waals surface area (Å²) in [6.07, 6.45) is 1.06. The number of anilines is 1. The summed E-state index contributed by atoms with van der Waals surface area (Å²) in [5.41, 5.74) is 1.33. The van der Waals surface area contributed by atoms with Gasteiger partial charge in [-0.25, -0.2) is 4.98 Å². The second-order valence-electron chi connectivity index (χ2n) is 7.37. The van der Waals surface area contributed by atoms with E-state index in [2.05, 4.69) is 10.3 Å². The molecule has 0 fully saturated rings. The molecule has 0 saturated carbocycles. The lowest BCUT2D eigenvalue weighted by Gasteiger charge is -2.12. The van der Waals surface area contributed by atoms with Gasteiger partial charge in [-0.05, 0) is 47.9 Å². The molecule has 0 aliphatic heterocycles. The molecule has 0 aliphatic rings. The molecule has 3 aromatic rings. The van der Waals surface area contributed by atoms with E-state index in [9.17, 15) is 23.1 Å². The second-order valence-corrected chi connectivity index (χ2v) is 8.14. The van der Waals surface area contributed by atoms with E-state index in [4.69, 9.17) is 27.9 Å². The Kier molecular flexibility index (Phi) is 9.14. The van der Waals surface area contributed by atoms with Crippen molar-refractivity contribution in [2.75, 3.05) is 11.9 Å². The van der Waals surface area contributed by atoms with E-state index in [1.807, 2.05) is 6.92 Å². The van der Waals surface area contributed by atoms with Gasteiger partial charge in [0.2, 0.25) is 5.91 Å². The maximum atomic E-state index is 13.0. The molecular formula is C26H21Cl2F3N2O3. The van der Waals surface area contributed by atoms with Crippen LogP contribution in [-0.4, -0.2) is 22.6 Å². The van der Waals surface area contributed by atoms with E-state index >= 15 is 0 Å². The van der Waals surface area contributed by atoms with Crippen molar-refractivity contribution in [1.29, 1.82) is 0 Å². The van der Waals surface area contributed by atoms with Gasteiger partial charge in [-0.15, -0.1) is 0 Å². The smallest absolute Gasteiger partial charge is 0.416 e. The third-order valence-electron chi connectivity index (χ3n) is 5.00. The van der Waals surface area contributed by atoms with Gasteiger partial charge in [0, 0.05) is 17.8 Å². The number of nitrogens with zero attached hydrogens (tertiary/aromatic N) is 1. The Balaban J connectivity index is 1.92. The lowest BCUT2D eigenvalue weighted by atomic mass is 9.96. The number of aromatic nitrogens is 1. The monoisotopic (exact) mass is 536 g/mol. The molecule has 0 aliphatic carbocycles. The van der Waals surface area contributed by atoms with Gasteiger partial charge < -0.3 is 15.2 Å². The zero-order chi connectivity index (χ0) is 26.3. The summed E-state index contributed by atoms with van der Waals surface area (Å²) in [5, 5.41) is 12.2. The number of hydrogen-bond donors (Lipinski definition) is 2. The van der Waals surface area contributed by atoms with Gasteiger partial charge in [0.1, 0.15) is 5.75 Å². The lowest BCUT2D eigenvalue weighted by molar-refractivity contribution is -0.137. The number of carbonyl (C=O) groups excluding carboxylic acids is 1. The molecule has 2 N–H and O–H groups in total. The molecule has 1 amide bonds. The summed E-state index contributed by atoms with van der Waals surface area (Å²) in [6.45, 7) is 1.88. The Hall–Kier alpha value is -3.33. The van der Waals surface area contributed by atoms with E-state index in [1.54, 1.807) is 30.3 Å². The minimum atomic E-state index is -4.45. The molecule has 5 nitrogen and oxygen atoms in total. The largest absolute Gasteiger partial charge is 0.494 e. The number of benzene rings is 2. The molecule has 10 heteroatoms. The lowest BCUT2D eigenvalue weighted by Crippen LogP contribution is -2.11. The van der Waals surface area contributed by atoms with Gasteiger partial charge in [-0.1, -0.05) is 59.6 Å². The fourth-order valence-electron chi connectivity index (χ4n) is 3.27. The number of aliphatic hydroxyl groups is 1. The van der Waals surface area contributed by atoms with Crippen molar-refractivity contribution >= 4 is 40.4 Å². The molecule has 1 aromatic heterocycles. The van der Waals surface area contributed by atoms with E-state index in [0.717, 1.165) is 12.1 Å².